The molecule has 0 saturated carbocycles. The fourth-order valence-corrected chi connectivity index (χ4v) is 6.41. The molecule has 0 aliphatic carbocycles. The minimum atomic E-state index is -0.518. The topological polar surface area (TPSA) is 101 Å². The second kappa shape index (κ2) is 11.6. The Balaban J connectivity index is 1.73. The van der Waals surface area contributed by atoms with Crippen LogP contribution in [0.15, 0.2) is 48.5 Å². The highest BCUT2D eigenvalue weighted by Gasteiger charge is 2.31. The molecule has 0 unspecified atom stereocenters. The minimum Gasteiger partial charge on any atom is -0.493 e. The molecule has 40 heavy (non-hydrogen) atoms. The molecule has 0 spiro atoms. The van der Waals surface area contributed by atoms with E-state index in [1.54, 1.807) is 27.2 Å². The predicted molar refractivity (Wildman–Crippen MR) is 152 cm³/mol. The number of hydroxylamine groups is 2. The Morgan fingerprint density at radius 3 is 2.52 bits per heavy atom. The van der Waals surface area contributed by atoms with Crippen molar-refractivity contribution in [3.05, 3.63) is 75.8 Å². The van der Waals surface area contributed by atoms with Gasteiger partial charge in [-0.1, -0.05) is 24.3 Å². The van der Waals surface area contributed by atoms with Crippen molar-refractivity contribution < 1.29 is 29.0 Å². The van der Waals surface area contributed by atoms with Crippen molar-refractivity contribution >= 4 is 33.4 Å². The maximum absolute atomic E-state index is 13.5. The van der Waals surface area contributed by atoms with E-state index in [0.717, 1.165) is 31.3 Å². The molecule has 9 nitrogen and oxygen atoms in total. The molecule has 2 aromatic carbocycles. The van der Waals surface area contributed by atoms with Crippen LogP contribution in [0.3, 0.4) is 0 Å². The van der Waals surface area contributed by atoms with Gasteiger partial charge in [0.1, 0.15) is 4.83 Å². The van der Waals surface area contributed by atoms with Crippen LogP contribution >= 0.6 is 11.3 Å². The summed E-state index contributed by atoms with van der Waals surface area (Å²) in [6.45, 7) is 2.94. The molecule has 208 valence electrons. The summed E-state index contributed by atoms with van der Waals surface area (Å²) in [4.78, 5) is 35.2. The van der Waals surface area contributed by atoms with Gasteiger partial charge in [0, 0.05) is 35.0 Å². The molecular weight excluding hydrogens is 530 g/mol. The largest absolute Gasteiger partial charge is 0.493 e. The number of thiophene rings is 1. The minimum absolute atomic E-state index is 0.0194. The zero-order valence-electron chi connectivity index (χ0n) is 22.9. The van der Waals surface area contributed by atoms with Crippen LogP contribution in [0.1, 0.15) is 43.8 Å². The molecule has 1 amide bonds. The van der Waals surface area contributed by atoms with Gasteiger partial charge in [-0.3, -0.25) is 4.79 Å². The number of aromatic nitrogens is 1. The number of esters is 1. The van der Waals surface area contributed by atoms with Crippen LogP contribution in [0.4, 0.5) is 0 Å². The number of fused-ring (bicyclic) bond motifs is 3. The molecule has 1 aliphatic rings. The van der Waals surface area contributed by atoms with Crippen molar-refractivity contribution in [1.82, 2.24) is 14.9 Å². The molecule has 2 aromatic heterocycles. The number of hydrogen-bond donors (Lipinski definition) is 1. The number of benzene rings is 2. The average molecular weight is 562 g/mol. The van der Waals surface area contributed by atoms with Crippen LogP contribution in [0.5, 0.6) is 11.5 Å². The van der Waals surface area contributed by atoms with Crippen molar-refractivity contribution in [2.24, 2.45) is 0 Å². The van der Waals surface area contributed by atoms with Gasteiger partial charge in [0.2, 0.25) is 0 Å². The van der Waals surface area contributed by atoms with Crippen molar-refractivity contribution in [2.45, 2.75) is 26.4 Å². The Kier molecular flexibility index (Phi) is 8.02. The third kappa shape index (κ3) is 5.13. The molecule has 4 aromatic rings. The first-order valence-corrected chi connectivity index (χ1v) is 13.8. The Morgan fingerprint density at radius 2 is 1.85 bits per heavy atom. The number of methoxy groups -OCH3 is 2. The average Bonchev–Trinajstić information content (AvgIpc) is 3.33. The molecule has 3 heterocycles. The molecule has 10 heteroatoms. The number of ether oxygens (including phenoxy) is 3. The quantitative estimate of drug-likeness (QED) is 0.232. The molecule has 0 bridgehead atoms. The van der Waals surface area contributed by atoms with Crippen LogP contribution in [0.25, 0.3) is 21.3 Å². The molecule has 0 atom stereocenters. The molecule has 5 rings (SSSR count). The highest BCUT2D eigenvalue weighted by atomic mass is 32.1. The van der Waals surface area contributed by atoms with Gasteiger partial charge in [0.25, 0.3) is 5.91 Å². The summed E-state index contributed by atoms with van der Waals surface area (Å²) in [7, 11) is 4.63. The molecule has 0 fully saturated rings. The van der Waals surface area contributed by atoms with Gasteiger partial charge in [-0.15, -0.1) is 11.3 Å². The lowest BCUT2D eigenvalue weighted by atomic mass is 9.91. The second-order valence-corrected chi connectivity index (χ2v) is 10.5. The van der Waals surface area contributed by atoms with Crippen molar-refractivity contribution in [3.8, 4) is 22.6 Å². The fourth-order valence-electron chi connectivity index (χ4n) is 5.14. The summed E-state index contributed by atoms with van der Waals surface area (Å²) in [5.41, 5.74) is 3.81. The predicted octanol–water partition coefficient (Wildman–Crippen LogP) is 5.18. The van der Waals surface area contributed by atoms with Gasteiger partial charge in [0.05, 0.1) is 45.2 Å². The first-order valence-electron chi connectivity index (χ1n) is 13.0. The van der Waals surface area contributed by atoms with Gasteiger partial charge in [-0.2, -0.15) is 5.06 Å². The van der Waals surface area contributed by atoms with E-state index in [9.17, 15) is 14.8 Å². The lowest BCUT2D eigenvalue weighted by molar-refractivity contribution is -0.0741. The van der Waals surface area contributed by atoms with Gasteiger partial charge in [-0.25, -0.2) is 9.78 Å². The number of carbonyl (C=O) groups excluding carboxylic acids is 2. The van der Waals surface area contributed by atoms with E-state index in [-0.39, 0.29) is 19.1 Å². The second-order valence-electron chi connectivity index (χ2n) is 9.44. The normalized spacial score (nSPS) is 12.9. The van der Waals surface area contributed by atoms with E-state index in [0.29, 0.717) is 53.4 Å². The summed E-state index contributed by atoms with van der Waals surface area (Å²) in [5, 5.41) is 12.0. The first-order chi connectivity index (χ1) is 19.4. The number of hydrogen-bond acceptors (Lipinski definition) is 9. The van der Waals surface area contributed by atoms with E-state index in [1.807, 2.05) is 47.4 Å². The Hall–Kier alpha value is -3.99. The van der Waals surface area contributed by atoms with Crippen LogP contribution in [-0.2, 0) is 24.2 Å². The standard InChI is InChI=1S/C30H31N3O6S/c1-5-39-30(35)27-21(16-32(2)36)31-28-26(25(27)19-11-12-22(37-3)23(15-19)38-4)20-13-14-33(17-24(20)40-28)29(34)18-9-7-6-8-10-18/h6-12,15,36H,5,13-14,16-17H2,1-4H3. The summed E-state index contributed by atoms with van der Waals surface area (Å²) in [6, 6.07) is 14.8. The number of pyridine rings is 1. The van der Waals surface area contributed by atoms with Crippen LogP contribution < -0.4 is 9.47 Å². The zero-order valence-corrected chi connectivity index (χ0v) is 23.7. The van der Waals surface area contributed by atoms with Crippen molar-refractivity contribution in [3.63, 3.8) is 0 Å². The maximum atomic E-state index is 13.5. The third-order valence-electron chi connectivity index (χ3n) is 6.90. The van der Waals surface area contributed by atoms with Crippen LogP contribution in [-0.4, -0.2) is 66.4 Å². The van der Waals surface area contributed by atoms with Gasteiger partial charge in [-0.05, 0) is 48.7 Å². The molecular formula is C30H31N3O6S. The molecule has 1 aliphatic heterocycles. The van der Waals surface area contributed by atoms with Gasteiger partial charge < -0.3 is 24.3 Å². The Labute approximate surface area is 236 Å². The summed E-state index contributed by atoms with van der Waals surface area (Å²) >= 11 is 1.50. The number of amides is 1. The lowest BCUT2D eigenvalue weighted by Gasteiger charge is -2.27. The van der Waals surface area contributed by atoms with Crippen molar-refractivity contribution in [1.29, 1.82) is 0 Å². The number of carbonyl (C=O) groups is 2. The highest BCUT2D eigenvalue weighted by Crippen LogP contribution is 2.44. The maximum Gasteiger partial charge on any atom is 0.340 e. The van der Waals surface area contributed by atoms with Gasteiger partial charge >= 0.3 is 5.97 Å². The molecule has 0 radical (unpaired) electrons. The van der Waals surface area contributed by atoms with E-state index < -0.39 is 5.97 Å². The smallest absolute Gasteiger partial charge is 0.340 e. The molecule has 0 saturated heterocycles. The third-order valence-corrected chi connectivity index (χ3v) is 8.01. The number of nitrogens with zero attached hydrogens (tertiary/aromatic N) is 3. The van der Waals surface area contributed by atoms with Crippen LogP contribution in [0, 0.1) is 0 Å². The Morgan fingerprint density at radius 1 is 1.10 bits per heavy atom. The van der Waals surface area contributed by atoms with E-state index in [2.05, 4.69) is 0 Å². The Bertz CT molecular complexity index is 1570. The van der Waals surface area contributed by atoms with Gasteiger partial charge in [0.15, 0.2) is 11.5 Å². The summed E-state index contributed by atoms with van der Waals surface area (Å²) in [5.74, 6) is 0.540. The van der Waals surface area contributed by atoms with E-state index in [4.69, 9.17) is 19.2 Å². The number of rotatable bonds is 8. The summed E-state index contributed by atoms with van der Waals surface area (Å²) < 4.78 is 16.5. The SMILES string of the molecule is CCOC(=O)c1c(CN(C)O)nc2sc3c(c2c1-c1ccc(OC)c(OC)c1)CCN(C(=O)c1ccccc1)C3. The molecule has 1 N–H and O–H groups in total. The fraction of sp³-hybridized carbons (Fsp3) is 0.300. The highest BCUT2D eigenvalue weighted by molar-refractivity contribution is 7.19. The van der Waals surface area contributed by atoms with E-state index in [1.165, 1.54) is 18.4 Å². The van der Waals surface area contributed by atoms with Crippen LogP contribution in [0.2, 0.25) is 0 Å². The zero-order chi connectivity index (χ0) is 28.4. The monoisotopic (exact) mass is 561 g/mol. The van der Waals surface area contributed by atoms with Crippen molar-refractivity contribution in [2.75, 3.05) is 34.4 Å². The summed E-state index contributed by atoms with van der Waals surface area (Å²) in [6.07, 6.45) is 0.609. The van der Waals surface area contributed by atoms with E-state index >= 15 is 0 Å². The first kappa shape index (κ1) is 27.6. The lowest BCUT2D eigenvalue weighted by Crippen LogP contribution is -2.35.